The number of nitrogens with zero attached hydrogens (tertiary/aromatic N) is 1. The summed E-state index contributed by atoms with van der Waals surface area (Å²) in [5.41, 5.74) is 2.50. The summed E-state index contributed by atoms with van der Waals surface area (Å²) in [7, 11) is 3.50. The van der Waals surface area contributed by atoms with Gasteiger partial charge in [0.25, 0.3) is 0 Å². The van der Waals surface area contributed by atoms with Gasteiger partial charge in [-0.05, 0) is 36.2 Å². The van der Waals surface area contributed by atoms with Crippen molar-refractivity contribution in [1.82, 2.24) is 4.90 Å². The molecule has 2 amide bonds. The zero-order valence-electron chi connectivity index (χ0n) is 14.4. The van der Waals surface area contributed by atoms with E-state index in [4.69, 9.17) is 11.6 Å². The first-order valence-electron chi connectivity index (χ1n) is 8.03. The van der Waals surface area contributed by atoms with Crippen molar-refractivity contribution in [1.29, 1.82) is 0 Å². The van der Waals surface area contributed by atoms with Gasteiger partial charge < -0.3 is 15.5 Å². The zero-order chi connectivity index (χ0) is 18.2. The number of carbonyl (C=O) groups is 2. The fourth-order valence-electron chi connectivity index (χ4n) is 2.21. The van der Waals surface area contributed by atoms with Gasteiger partial charge in [0.05, 0.1) is 17.3 Å². The lowest BCUT2D eigenvalue weighted by atomic mass is 10.1. The van der Waals surface area contributed by atoms with Gasteiger partial charge in [0.1, 0.15) is 0 Å². The normalized spacial score (nSPS) is 10.2. The summed E-state index contributed by atoms with van der Waals surface area (Å²) in [6.07, 6.45) is 1.15. The molecule has 0 aliphatic heterocycles. The predicted molar refractivity (Wildman–Crippen MR) is 102 cm³/mol. The first-order valence-corrected chi connectivity index (χ1v) is 8.41. The Morgan fingerprint density at radius 1 is 1.04 bits per heavy atom. The summed E-state index contributed by atoms with van der Waals surface area (Å²) in [6, 6.07) is 14.8. The van der Waals surface area contributed by atoms with E-state index in [1.165, 1.54) is 0 Å². The van der Waals surface area contributed by atoms with E-state index in [1.807, 2.05) is 42.5 Å². The number of aryl methyl sites for hydroxylation is 1. The van der Waals surface area contributed by atoms with Crippen LogP contribution in [-0.4, -0.2) is 37.4 Å². The van der Waals surface area contributed by atoms with Crippen molar-refractivity contribution in [2.45, 2.75) is 12.8 Å². The molecular weight excluding hydrogens is 338 g/mol. The SMILES string of the molecule is CN(C)C(=O)CCc1ccc(NC(=O)CNc2ccccc2Cl)cc1. The second-order valence-electron chi connectivity index (χ2n) is 5.87. The van der Waals surface area contributed by atoms with Crippen molar-refractivity contribution in [2.24, 2.45) is 0 Å². The van der Waals surface area contributed by atoms with Crippen LogP contribution in [0.25, 0.3) is 0 Å². The zero-order valence-corrected chi connectivity index (χ0v) is 15.1. The Morgan fingerprint density at radius 3 is 2.36 bits per heavy atom. The van der Waals surface area contributed by atoms with E-state index in [2.05, 4.69) is 10.6 Å². The molecule has 2 aromatic rings. The Bertz CT molecular complexity index is 730. The van der Waals surface area contributed by atoms with E-state index in [-0.39, 0.29) is 18.4 Å². The highest BCUT2D eigenvalue weighted by Gasteiger charge is 2.06. The fraction of sp³-hybridized carbons (Fsp3) is 0.263. The van der Waals surface area contributed by atoms with Crippen LogP contribution in [0.2, 0.25) is 5.02 Å². The molecule has 0 unspecified atom stereocenters. The number of nitrogens with one attached hydrogen (secondary N) is 2. The van der Waals surface area contributed by atoms with Gasteiger partial charge in [-0.2, -0.15) is 0 Å². The molecule has 0 radical (unpaired) electrons. The van der Waals surface area contributed by atoms with Crippen LogP contribution in [0.1, 0.15) is 12.0 Å². The van der Waals surface area contributed by atoms with Crippen LogP contribution < -0.4 is 10.6 Å². The Hall–Kier alpha value is -2.53. The minimum atomic E-state index is -0.157. The number of halogens is 1. The van der Waals surface area contributed by atoms with Crippen molar-refractivity contribution < 1.29 is 9.59 Å². The molecule has 0 spiro atoms. The van der Waals surface area contributed by atoms with Gasteiger partial charge in [-0.15, -0.1) is 0 Å². The highest BCUT2D eigenvalue weighted by atomic mass is 35.5. The molecule has 6 heteroatoms. The summed E-state index contributed by atoms with van der Waals surface area (Å²) >= 11 is 6.04. The molecular formula is C19H22ClN3O2. The third-order valence-corrected chi connectivity index (χ3v) is 4.01. The lowest BCUT2D eigenvalue weighted by Gasteiger charge is -2.11. The van der Waals surface area contributed by atoms with Crippen LogP contribution in [0.4, 0.5) is 11.4 Å². The molecule has 0 heterocycles. The molecule has 2 N–H and O–H groups in total. The summed E-state index contributed by atoms with van der Waals surface area (Å²) in [5, 5.41) is 6.40. The molecule has 2 rings (SSSR count). The van der Waals surface area contributed by atoms with E-state index < -0.39 is 0 Å². The van der Waals surface area contributed by atoms with Gasteiger partial charge in [-0.25, -0.2) is 0 Å². The maximum absolute atomic E-state index is 12.0. The number of hydrogen-bond acceptors (Lipinski definition) is 3. The van der Waals surface area contributed by atoms with Crippen molar-refractivity contribution in [3.63, 3.8) is 0 Å². The van der Waals surface area contributed by atoms with Crippen molar-refractivity contribution in [3.05, 3.63) is 59.1 Å². The van der Waals surface area contributed by atoms with Crippen LogP contribution in [0.15, 0.2) is 48.5 Å². The van der Waals surface area contributed by atoms with Crippen molar-refractivity contribution in [2.75, 3.05) is 31.3 Å². The Morgan fingerprint density at radius 2 is 1.72 bits per heavy atom. The molecule has 132 valence electrons. The maximum atomic E-state index is 12.0. The largest absolute Gasteiger partial charge is 0.375 e. The molecule has 0 saturated carbocycles. The highest BCUT2D eigenvalue weighted by Crippen LogP contribution is 2.20. The first-order chi connectivity index (χ1) is 12.0. The van der Waals surface area contributed by atoms with Crippen LogP contribution in [0.5, 0.6) is 0 Å². The van der Waals surface area contributed by atoms with Gasteiger partial charge >= 0.3 is 0 Å². The van der Waals surface area contributed by atoms with E-state index in [1.54, 1.807) is 25.1 Å². The van der Waals surface area contributed by atoms with E-state index >= 15 is 0 Å². The Kier molecular flexibility index (Phi) is 6.83. The molecule has 0 aliphatic carbocycles. The molecule has 0 atom stereocenters. The van der Waals surface area contributed by atoms with Gasteiger partial charge in [-0.1, -0.05) is 35.9 Å². The highest BCUT2D eigenvalue weighted by molar-refractivity contribution is 6.33. The number of para-hydroxylation sites is 1. The number of hydrogen-bond donors (Lipinski definition) is 2. The topological polar surface area (TPSA) is 61.4 Å². The van der Waals surface area contributed by atoms with Crippen LogP contribution in [0.3, 0.4) is 0 Å². The Balaban J connectivity index is 1.81. The quantitative estimate of drug-likeness (QED) is 0.796. The monoisotopic (exact) mass is 359 g/mol. The van der Waals surface area contributed by atoms with Gasteiger partial charge in [-0.3, -0.25) is 9.59 Å². The average molecular weight is 360 g/mol. The lowest BCUT2D eigenvalue weighted by molar-refractivity contribution is -0.128. The first kappa shape index (κ1) is 18.8. The van der Waals surface area contributed by atoms with Crippen LogP contribution in [0, 0.1) is 0 Å². The third kappa shape index (κ3) is 6.12. The minimum absolute atomic E-state index is 0.100. The maximum Gasteiger partial charge on any atom is 0.243 e. The molecule has 0 aromatic heterocycles. The summed E-state index contributed by atoms with van der Waals surface area (Å²) in [6.45, 7) is 0.128. The molecule has 5 nitrogen and oxygen atoms in total. The van der Waals surface area contributed by atoms with Crippen LogP contribution in [-0.2, 0) is 16.0 Å². The standard InChI is InChI=1S/C19H22ClN3O2/c1-23(2)19(25)12-9-14-7-10-15(11-8-14)22-18(24)13-21-17-6-4-3-5-16(17)20/h3-8,10-11,21H,9,12-13H2,1-2H3,(H,22,24). The van der Waals surface area contributed by atoms with Crippen LogP contribution >= 0.6 is 11.6 Å². The average Bonchev–Trinajstić information content (AvgIpc) is 2.60. The molecule has 2 aromatic carbocycles. The number of amides is 2. The molecule has 0 fully saturated rings. The predicted octanol–water partition coefficient (Wildman–Crippen LogP) is 3.41. The number of anilines is 2. The van der Waals surface area contributed by atoms with E-state index in [9.17, 15) is 9.59 Å². The minimum Gasteiger partial charge on any atom is -0.375 e. The van der Waals surface area contributed by atoms with Gasteiger partial charge in [0, 0.05) is 26.2 Å². The van der Waals surface area contributed by atoms with Gasteiger partial charge in [0.2, 0.25) is 11.8 Å². The van der Waals surface area contributed by atoms with Crippen molar-refractivity contribution in [3.8, 4) is 0 Å². The number of carbonyl (C=O) groups excluding carboxylic acids is 2. The number of rotatable bonds is 7. The molecule has 0 saturated heterocycles. The molecule has 25 heavy (non-hydrogen) atoms. The van der Waals surface area contributed by atoms with E-state index in [0.29, 0.717) is 23.6 Å². The smallest absolute Gasteiger partial charge is 0.243 e. The van der Waals surface area contributed by atoms with E-state index in [0.717, 1.165) is 11.3 Å². The van der Waals surface area contributed by atoms with Crippen molar-refractivity contribution >= 4 is 34.8 Å². The second kappa shape index (κ2) is 9.08. The summed E-state index contributed by atoms with van der Waals surface area (Å²) < 4.78 is 0. The lowest BCUT2D eigenvalue weighted by Crippen LogP contribution is -2.22. The Labute approximate surface area is 153 Å². The summed E-state index contributed by atoms with van der Waals surface area (Å²) in [4.78, 5) is 25.2. The number of benzene rings is 2. The third-order valence-electron chi connectivity index (χ3n) is 3.68. The fourth-order valence-corrected chi connectivity index (χ4v) is 2.42. The summed E-state index contributed by atoms with van der Waals surface area (Å²) in [5.74, 6) is -0.0570. The molecule has 0 bridgehead atoms. The van der Waals surface area contributed by atoms with Gasteiger partial charge in [0.15, 0.2) is 0 Å². The second-order valence-corrected chi connectivity index (χ2v) is 6.27. The molecule has 0 aliphatic rings.